The lowest BCUT2D eigenvalue weighted by atomic mass is 10.1. The second kappa shape index (κ2) is 5.28. The zero-order chi connectivity index (χ0) is 11.6. The van der Waals surface area contributed by atoms with Crippen LogP contribution in [0.25, 0.3) is 0 Å². The molecule has 0 aromatic rings. The minimum atomic E-state index is 0.519. The van der Waals surface area contributed by atoms with Gasteiger partial charge in [-0.1, -0.05) is 0 Å². The number of nitrogens with one attached hydrogen (secondary N) is 1. The predicted molar refractivity (Wildman–Crippen MR) is 73.2 cm³/mol. The molecule has 0 aromatic heterocycles. The first kappa shape index (κ1) is 12.7. The largest absolute Gasteiger partial charge is 0.311 e. The topological polar surface area (TPSA) is 15.3 Å². The lowest BCUT2D eigenvalue weighted by Crippen LogP contribution is -2.41. The first-order chi connectivity index (χ1) is 7.59. The molecule has 2 aliphatic rings. The van der Waals surface area contributed by atoms with Crippen molar-refractivity contribution in [2.24, 2.45) is 0 Å². The van der Waals surface area contributed by atoms with Crippen LogP contribution in [0.4, 0.5) is 0 Å². The summed E-state index contributed by atoms with van der Waals surface area (Å²) >= 11 is 2.16. The minimum Gasteiger partial charge on any atom is -0.311 e. The first-order valence-corrected chi connectivity index (χ1v) is 7.69. The van der Waals surface area contributed by atoms with Gasteiger partial charge in [0.05, 0.1) is 0 Å². The molecule has 3 heteroatoms. The van der Waals surface area contributed by atoms with Gasteiger partial charge in [0.25, 0.3) is 0 Å². The van der Waals surface area contributed by atoms with Crippen LogP contribution in [0.2, 0.25) is 0 Å². The Balaban J connectivity index is 1.71. The summed E-state index contributed by atoms with van der Waals surface area (Å²) in [5.41, 5.74) is 0. The maximum atomic E-state index is 3.79. The Morgan fingerprint density at radius 3 is 2.88 bits per heavy atom. The van der Waals surface area contributed by atoms with E-state index in [1.165, 1.54) is 44.6 Å². The van der Waals surface area contributed by atoms with Gasteiger partial charge in [-0.15, -0.1) is 0 Å². The number of hydrogen-bond donors (Lipinski definition) is 1. The average molecular weight is 242 g/mol. The van der Waals surface area contributed by atoms with Crippen molar-refractivity contribution >= 4 is 11.8 Å². The van der Waals surface area contributed by atoms with E-state index in [4.69, 9.17) is 0 Å². The fourth-order valence-corrected chi connectivity index (χ4v) is 4.01. The highest BCUT2D eigenvalue weighted by atomic mass is 32.2. The van der Waals surface area contributed by atoms with Gasteiger partial charge in [0, 0.05) is 29.9 Å². The van der Waals surface area contributed by atoms with E-state index in [1.807, 2.05) is 0 Å². The zero-order valence-electron chi connectivity index (χ0n) is 11.0. The van der Waals surface area contributed by atoms with E-state index >= 15 is 0 Å². The summed E-state index contributed by atoms with van der Waals surface area (Å²) in [5.74, 6) is 1.36. The molecule has 2 heterocycles. The van der Waals surface area contributed by atoms with Crippen molar-refractivity contribution in [2.45, 2.75) is 56.9 Å². The number of hydrogen-bond acceptors (Lipinski definition) is 3. The van der Waals surface area contributed by atoms with Crippen molar-refractivity contribution in [1.29, 1.82) is 0 Å². The molecule has 2 rings (SSSR count). The van der Waals surface area contributed by atoms with Crippen LogP contribution in [-0.4, -0.2) is 47.1 Å². The molecule has 16 heavy (non-hydrogen) atoms. The summed E-state index contributed by atoms with van der Waals surface area (Å²) in [5, 5.41) is 3.79. The van der Waals surface area contributed by atoms with E-state index in [9.17, 15) is 0 Å². The maximum Gasteiger partial charge on any atom is 0.0256 e. The fraction of sp³-hybridized carbons (Fsp3) is 1.00. The molecule has 0 saturated carbocycles. The molecule has 2 unspecified atom stereocenters. The Morgan fingerprint density at radius 1 is 1.50 bits per heavy atom. The van der Waals surface area contributed by atoms with E-state index in [-0.39, 0.29) is 0 Å². The highest BCUT2D eigenvalue weighted by Gasteiger charge is 2.31. The molecule has 0 radical (unpaired) electrons. The molecule has 0 aromatic carbocycles. The van der Waals surface area contributed by atoms with E-state index in [0.717, 1.165) is 6.04 Å². The van der Waals surface area contributed by atoms with Gasteiger partial charge in [0.15, 0.2) is 0 Å². The summed E-state index contributed by atoms with van der Waals surface area (Å²) in [6.07, 6.45) is 4.13. The van der Waals surface area contributed by atoms with Gasteiger partial charge in [-0.3, -0.25) is 4.90 Å². The second-order valence-electron chi connectivity index (χ2n) is 5.86. The van der Waals surface area contributed by atoms with Gasteiger partial charge in [-0.25, -0.2) is 0 Å². The van der Waals surface area contributed by atoms with Gasteiger partial charge in [-0.05, 0) is 52.3 Å². The molecule has 1 N–H and O–H groups in total. The third-order valence-corrected chi connectivity index (χ3v) is 5.55. The Kier molecular flexibility index (Phi) is 4.20. The molecule has 0 spiro atoms. The Labute approximate surface area is 105 Å². The summed E-state index contributed by atoms with van der Waals surface area (Å²) in [7, 11) is 0. The lowest BCUT2D eigenvalue weighted by Gasteiger charge is -2.26. The molecule has 2 saturated heterocycles. The molecule has 2 nitrogen and oxygen atoms in total. The molecular weight excluding hydrogens is 216 g/mol. The zero-order valence-corrected chi connectivity index (χ0v) is 11.8. The van der Waals surface area contributed by atoms with Crippen LogP contribution in [0, 0.1) is 0 Å². The van der Waals surface area contributed by atoms with Crippen LogP contribution >= 0.6 is 11.8 Å². The number of nitrogens with zero attached hydrogens (tertiary/aromatic N) is 1. The first-order valence-electron chi connectivity index (χ1n) is 6.70. The second-order valence-corrected chi connectivity index (χ2v) is 7.54. The molecule has 2 fully saturated rings. The van der Waals surface area contributed by atoms with E-state index in [1.54, 1.807) is 0 Å². The molecule has 0 amide bonds. The van der Waals surface area contributed by atoms with Crippen molar-refractivity contribution in [1.82, 2.24) is 10.2 Å². The Bertz CT molecular complexity index is 224. The standard InChI is InChI=1S/C13H26N2S/c1-11(2)15-7-5-12(9-15)14-10-13(3)6-4-8-16-13/h11-12,14H,4-10H2,1-3H3. The fourth-order valence-electron chi connectivity index (χ4n) is 2.76. The van der Waals surface area contributed by atoms with Crippen molar-refractivity contribution in [3.63, 3.8) is 0 Å². The minimum absolute atomic E-state index is 0.519. The number of thioether (sulfide) groups is 1. The predicted octanol–water partition coefficient (Wildman–Crippen LogP) is 2.34. The van der Waals surface area contributed by atoms with Gasteiger partial charge in [-0.2, -0.15) is 11.8 Å². The smallest absolute Gasteiger partial charge is 0.0256 e. The number of rotatable bonds is 4. The monoisotopic (exact) mass is 242 g/mol. The summed E-state index contributed by atoms with van der Waals surface area (Å²) in [4.78, 5) is 2.59. The van der Waals surface area contributed by atoms with Gasteiger partial charge >= 0.3 is 0 Å². The van der Waals surface area contributed by atoms with E-state index in [2.05, 4.69) is 42.7 Å². The van der Waals surface area contributed by atoms with Crippen LogP contribution in [0.1, 0.15) is 40.0 Å². The molecule has 0 aliphatic carbocycles. The highest BCUT2D eigenvalue weighted by molar-refractivity contribution is 8.00. The van der Waals surface area contributed by atoms with Crippen molar-refractivity contribution in [2.75, 3.05) is 25.4 Å². The van der Waals surface area contributed by atoms with Crippen LogP contribution in [0.5, 0.6) is 0 Å². The number of likely N-dealkylation sites (tertiary alicyclic amines) is 1. The van der Waals surface area contributed by atoms with Gasteiger partial charge in [0.1, 0.15) is 0 Å². The molecular formula is C13H26N2S. The van der Waals surface area contributed by atoms with Crippen LogP contribution < -0.4 is 5.32 Å². The van der Waals surface area contributed by atoms with Crippen molar-refractivity contribution < 1.29 is 0 Å². The molecule has 0 bridgehead atoms. The van der Waals surface area contributed by atoms with E-state index < -0.39 is 0 Å². The lowest BCUT2D eigenvalue weighted by molar-refractivity contribution is 0.267. The summed E-state index contributed by atoms with van der Waals surface area (Å²) < 4.78 is 0.519. The van der Waals surface area contributed by atoms with Crippen LogP contribution in [0.3, 0.4) is 0 Å². The normalized spacial score (nSPS) is 36.4. The third kappa shape index (κ3) is 3.14. The Hall–Kier alpha value is 0.270. The molecule has 94 valence electrons. The van der Waals surface area contributed by atoms with Crippen molar-refractivity contribution in [3.8, 4) is 0 Å². The van der Waals surface area contributed by atoms with Crippen LogP contribution in [-0.2, 0) is 0 Å². The van der Waals surface area contributed by atoms with Crippen molar-refractivity contribution in [3.05, 3.63) is 0 Å². The van der Waals surface area contributed by atoms with E-state index in [0.29, 0.717) is 10.8 Å². The summed E-state index contributed by atoms with van der Waals surface area (Å²) in [6.45, 7) is 10.8. The quantitative estimate of drug-likeness (QED) is 0.814. The Morgan fingerprint density at radius 2 is 2.31 bits per heavy atom. The summed E-state index contributed by atoms with van der Waals surface area (Å²) in [6, 6.07) is 1.45. The SMILES string of the molecule is CC(C)N1CCC(NCC2(C)CCCS2)C1. The average Bonchev–Trinajstić information content (AvgIpc) is 2.84. The van der Waals surface area contributed by atoms with Gasteiger partial charge < -0.3 is 5.32 Å². The third-order valence-electron chi connectivity index (χ3n) is 4.02. The maximum absolute atomic E-state index is 3.79. The van der Waals surface area contributed by atoms with Crippen LogP contribution in [0.15, 0.2) is 0 Å². The molecule has 2 aliphatic heterocycles. The highest BCUT2D eigenvalue weighted by Crippen LogP contribution is 2.37. The molecule has 2 atom stereocenters. The van der Waals surface area contributed by atoms with Gasteiger partial charge in [0.2, 0.25) is 0 Å².